The van der Waals surface area contributed by atoms with Gasteiger partial charge in [-0.05, 0) is 29.7 Å². The third-order valence-corrected chi connectivity index (χ3v) is 4.61. The fourth-order valence-electron chi connectivity index (χ4n) is 2.74. The minimum absolute atomic E-state index is 0.189. The van der Waals surface area contributed by atoms with E-state index in [4.69, 9.17) is 33.7 Å². The Kier molecular flexibility index (Phi) is 3.88. The first kappa shape index (κ1) is 13.7. The summed E-state index contributed by atoms with van der Waals surface area (Å²) in [4.78, 5) is 0. The van der Waals surface area contributed by atoms with Crippen LogP contribution in [-0.2, 0) is 0 Å². The highest BCUT2D eigenvalue weighted by atomic mass is 35.5. The molecular weight excluding hydrogens is 293 g/mol. The van der Waals surface area contributed by atoms with Crippen molar-refractivity contribution in [2.75, 3.05) is 6.61 Å². The lowest BCUT2D eigenvalue weighted by Crippen LogP contribution is -2.25. The summed E-state index contributed by atoms with van der Waals surface area (Å²) in [6, 6.07) is 13.4. The number of para-hydroxylation sites is 1. The number of nitrogens with two attached hydrogens (primary N) is 1. The maximum absolute atomic E-state index is 6.46. The van der Waals surface area contributed by atoms with E-state index >= 15 is 0 Å². The van der Waals surface area contributed by atoms with Crippen LogP contribution in [0.1, 0.15) is 29.5 Å². The van der Waals surface area contributed by atoms with Crippen molar-refractivity contribution in [3.63, 3.8) is 0 Å². The first-order valence-electron chi connectivity index (χ1n) is 6.59. The Morgan fingerprint density at radius 1 is 1.10 bits per heavy atom. The molecular formula is C16H15Cl2NO. The predicted octanol–water partition coefficient (Wildman–Crippen LogP) is 4.56. The van der Waals surface area contributed by atoms with Crippen molar-refractivity contribution < 1.29 is 4.74 Å². The van der Waals surface area contributed by atoms with Gasteiger partial charge in [-0.15, -0.1) is 0 Å². The lowest BCUT2D eigenvalue weighted by atomic mass is 9.84. The smallest absolute Gasteiger partial charge is 0.122 e. The van der Waals surface area contributed by atoms with Gasteiger partial charge >= 0.3 is 0 Å². The van der Waals surface area contributed by atoms with Crippen LogP contribution in [0.5, 0.6) is 5.75 Å². The summed E-state index contributed by atoms with van der Waals surface area (Å²) in [6.45, 7) is 0.674. The molecule has 20 heavy (non-hydrogen) atoms. The molecule has 0 fully saturated rings. The monoisotopic (exact) mass is 307 g/mol. The van der Waals surface area contributed by atoms with E-state index in [-0.39, 0.29) is 12.0 Å². The van der Waals surface area contributed by atoms with Gasteiger partial charge in [0.25, 0.3) is 0 Å². The van der Waals surface area contributed by atoms with E-state index in [1.807, 2.05) is 30.3 Å². The second-order valence-corrected chi connectivity index (χ2v) is 5.74. The van der Waals surface area contributed by atoms with Gasteiger partial charge in [-0.1, -0.05) is 53.5 Å². The fraction of sp³-hybridized carbons (Fsp3) is 0.250. The Balaban J connectivity index is 2.00. The fourth-order valence-corrected chi connectivity index (χ4v) is 3.17. The van der Waals surface area contributed by atoms with Crippen molar-refractivity contribution >= 4 is 23.2 Å². The molecule has 0 aromatic heterocycles. The Labute approximate surface area is 128 Å². The molecule has 0 spiro atoms. The second kappa shape index (κ2) is 5.65. The van der Waals surface area contributed by atoms with E-state index in [0.717, 1.165) is 23.3 Å². The minimum atomic E-state index is -0.189. The SMILES string of the molecule is NC(c1cccc(Cl)c1Cl)C1CCOc2ccccc21. The predicted molar refractivity (Wildman–Crippen MR) is 82.7 cm³/mol. The number of ether oxygens (including phenoxy) is 1. The van der Waals surface area contributed by atoms with Crippen molar-refractivity contribution in [1.82, 2.24) is 0 Å². The molecule has 0 aliphatic carbocycles. The zero-order valence-corrected chi connectivity index (χ0v) is 12.4. The van der Waals surface area contributed by atoms with Crippen LogP contribution in [0.2, 0.25) is 10.0 Å². The van der Waals surface area contributed by atoms with Gasteiger partial charge in [-0.25, -0.2) is 0 Å². The number of rotatable bonds is 2. The number of halogens is 2. The zero-order valence-electron chi connectivity index (χ0n) is 10.9. The van der Waals surface area contributed by atoms with E-state index in [9.17, 15) is 0 Å². The lowest BCUT2D eigenvalue weighted by molar-refractivity contribution is 0.255. The van der Waals surface area contributed by atoms with Gasteiger partial charge < -0.3 is 10.5 Å². The summed E-state index contributed by atoms with van der Waals surface area (Å²) in [6.07, 6.45) is 0.876. The van der Waals surface area contributed by atoms with E-state index in [1.165, 1.54) is 0 Å². The molecule has 4 heteroatoms. The Morgan fingerprint density at radius 3 is 2.75 bits per heavy atom. The molecule has 1 aliphatic heterocycles. The van der Waals surface area contributed by atoms with Crippen molar-refractivity contribution in [3.05, 3.63) is 63.6 Å². The molecule has 2 atom stereocenters. The highest BCUT2D eigenvalue weighted by Gasteiger charge is 2.28. The number of hydrogen-bond acceptors (Lipinski definition) is 2. The van der Waals surface area contributed by atoms with Gasteiger partial charge in [0.05, 0.1) is 16.7 Å². The summed E-state index contributed by atoms with van der Waals surface area (Å²) in [5.74, 6) is 1.10. The summed E-state index contributed by atoms with van der Waals surface area (Å²) >= 11 is 12.4. The van der Waals surface area contributed by atoms with Gasteiger partial charge in [-0.2, -0.15) is 0 Å². The molecule has 1 aliphatic rings. The first-order chi connectivity index (χ1) is 9.68. The molecule has 3 rings (SSSR count). The number of benzene rings is 2. The third-order valence-electron chi connectivity index (χ3n) is 3.78. The van der Waals surface area contributed by atoms with Gasteiger partial charge in [0, 0.05) is 12.0 Å². The van der Waals surface area contributed by atoms with Gasteiger partial charge in [0.2, 0.25) is 0 Å². The van der Waals surface area contributed by atoms with E-state index in [0.29, 0.717) is 16.7 Å². The summed E-state index contributed by atoms with van der Waals surface area (Å²) < 4.78 is 5.68. The van der Waals surface area contributed by atoms with Crippen LogP contribution < -0.4 is 10.5 Å². The van der Waals surface area contributed by atoms with Crippen molar-refractivity contribution in [3.8, 4) is 5.75 Å². The molecule has 2 nitrogen and oxygen atoms in total. The standard InChI is InChI=1S/C16H15Cl2NO/c17-13-6-3-5-12(15(13)18)16(19)11-8-9-20-14-7-2-1-4-10(11)14/h1-7,11,16H,8-9,19H2. The minimum Gasteiger partial charge on any atom is -0.493 e. The molecule has 104 valence electrons. The van der Waals surface area contributed by atoms with Crippen LogP contribution in [-0.4, -0.2) is 6.61 Å². The largest absolute Gasteiger partial charge is 0.493 e. The van der Waals surface area contributed by atoms with Crippen LogP contribution in [0.15, 0.2) is 42.5 Å². The Bertz CT molecular complexity index is 630. The van der Waals surface area contributed by atoms with Gasteiger partial charge in [0.1, 0.15) is 5.75 Å². The van der Waals surface area contributed by atoms with Crippen LogP contribution in [0.25, 0.3) is 0 Å². The molecule has 2 aromatic rings. The van der Waals surface area contributed by atoms with Crippen LogP contribution in [0.3, 0.4) is 0 Å². The molecule has 2 aromatic carbocycles. The highest BCUT2D eigenvalue weighted by Crippen LogP contribution is 2.42. The third kappa shape index (κ3) is 2.39. The normalized spacial score (nSPS) is 19.1. The van der Waals surface area contributed by atoms with Crippen LogP contribution in [0, 0.1) is 0 Å². The summed E-state index contributed by atoms with van der Waals surface area (Å²) in [5.41, 5.74) is 8.49. The van der Waals surface area contributed by atoms with E-state index in [1.54, 1.807) is 6.07 Å². The highest BCUT2D eigenvalue weighted by molar-refractivity contribution is 6.42. The maximum Gasteiger partial charge on any atom is 0.122 e. The van der Waals surface area contributed by atoms with Crippen molar-refractivity contribution in [2.45, 2.75) is 18.4 Å². The molecule has 0 saturated heterocycles. The quantitative estimate of drug-likeness (QED) is 0.882. The van der Waals surface area contributed by atoms with Crippen molar-refractivity contribution in [1.29, 1.82) is 0 Å². The number of fused-ring (bicyclic) bond motifs is 1. The van der Waals surface area contributed by atoms with Crippen LogP contribution >= 0.6 is 23.2 Å². The molecule has 1 heterocycles. The molecule has 2 unspecified atom stereocenters. The first-order valence-corrected chi connectivity index (χ1v) is 7.35. The molecule has 0 bridgehead atoms. The van der Waals surface area contributed by atoms with Gasteiger partial charge in [-0.3, -0.25) is 0 Å². The van der Waals surface area contributed by atoms with Crippen molar-refractivity contribution in [2.24, 2.45) is 5.73 Å². The topological polar surface area (TPSA) is 35.2 Å². The zero-order chi connectivity index (χ0) is 14.1. The van der Waals surface area contributed by atoms with Gasteiger partial charge in [0.15, 0.2) is 0 Å². The average Bonchev–Trinajstić information content (AvgIpc) is 2.49. The molecule has 0 radical (unpaired) electrons. The van der Waals surface area contributed by atoms with E-state index < -0.39 is 0 Å². The summed E-state index contributed by atoms with van der Waals surface area (Å²) in [7, 11) is 0. The average molecular weight is 308 g/mol. The summed E-state index contributed by atoms with van der Waals surface area (Å²) in [5, 5.41) is 1.09. The Hall–Kier alpha value is -1.22. The molecule has 2 N–H and O–H groups in total. The van der Waals surface area contributed by atoms with E-state index in [2.05, 4.69) is 6.07 Å². The lowest BCUT2D eigenvalue weighted by Gasteiger charge is -2.31. The molecule has 0 saturated carbocycles. The second-order valence-electron chi connectivity index (χ2n) is 4.95. The maximum atomic E-state index is 6.46. The number of hydrogen-bond donors (Lipinski definition) is 1. The Morgan fingerprint density at radius 2 is 1.90 bits per heavy atom. The molecule has 0 amide bonds. The van der Waals surface area contributed by atoms with Crippen LogP contribution in [0.4, 0.5) is 0 Å².